The molecule has 31 heavy (non-hydrogen) atoms. The van der Waals surface area contributed by atoms with Gasteiger partial charge in [-0.15, -0.1) is 0 Å². The molecule has 0 heterocycles. The molecule has 0 spiro atoms. The standard InChI is InChI=1S/C27H45NO3/c1-3-4-5-6-7-8-9-10-11-12-13-14-15-16-23-31-27(30)22-21-26(29)28-25-19-17-24(2)18-20-25/h17-20H,3-16,21-23H2,1-2H3,(H,28,29). The third-order valence-corrected chi connectivity index (χ3v) is 5.65. The zero-order valence-corrected chi connectivity index (χ0v) is 20.1. The van der Waals surface area contributed by atoms with Crippen LogP contribution in [0.5, 0.6) is 0 Å². The lowest BCUT2D eigenvalue weighted by molar-refractivity contribution is -0.144. The number of hydrogen-bond acceptors (Lipinski definition) is 3. The van der Waals surface area contributed by atoms with Crippen molar-refractivity contribution in [3.8, 4) is 0 Å². The Hall–Kier alpha value is -1.84. The molecule has 0 bridgehead atoms. The van der Waals surface area contributed by atoms with Crippen molar-refractivity contribution in [2.75, 3.05) is 11.9 Å². The second-order valence-corrected chi connectivity index (χ2v) is 8.73. The normalized spacial score (nSPS) is 10.8. The summed E-state index contributed by atoms with van der Waals surface area (Å²) in [5, 5.41) is 2.80. The minimum absolute atomic E-state index is 0.135. The van der Waals surface area contributed by atoms with Crippen molar-refractivity contribution in [1.29, 1.82) is 0 Å². The lowest BCUT2D eigenvalue weighted by atomic mass is 10.0. The molecule has 1 rings (SSSR count). The molecule has 176 valence electrons. The van der Waals surface area contributed by atoms with Crippen molar-refractivity contribution in [2.45, 2.75) is 117 Å². The average Bonchev–Trinajstić information content (AvgIpc) is 2.76. The summed E-state index contributed by atoms with van der Waals surface area (Å²) in [6.07, 6.45) is 18.6. The summed E-state index contributed by atoms with van der Waals surface area (Å²) in [5.74, 6) is -0.439. The number of rotatable bonds is 19. The molecule has 0 aliphatic rings. The lowest BCUT2D eigenvalue weighted by Crippen LogP contribution is -2.14. The van der Waals surface area contributed by atoms with Gasteiger partial charge in [-0.2, -0.15) is 0 Å². The second kappa shape index (κ2) is 18.9. The molecule has 1 aromatic carbocycles. The molecular formula is C27H45NO3. The molecule has 0 aliphatic carbocycles. The van der Waals surface area contributed by atoms with Gasteiger partial charge in [0.1, 0.15) is 0 Å². The number of amides is 1. The van der Waals surface area contributed by atoms with Crippen LogP contribution < -0.4 is 5.32 Å². The van der Waals surface area contributed by atoms with E-state index in [2.05, 4.69) is 12.2 Å². The summed E-state index contributed by atoms with van der Waals surface area (Å²) in [6.45, 7) is 4.74. The highest BCUT2D eigenvalue weighted by Crippen LogP contribution is 2.13. The van der Waals surface area contributed by atoms with Gasteiger partial charge < -0.3 is 10.1 Å². The predicted molar refractivity (Wildman–Crippen MR) is 130 cm³/mol. The number of hydrogen-bond donors (Lipinski definition) is 1. The van der Waals surface area contributed by atoms with Crippen molar-refractivity contribution in [3.63, 3.8) is 0 Å². The van der Waals surface area contributed by atoms with E-state index in [1.54, 1.807) is 0 Å². The van der Waals surface area contributed by atoms with Crippen LogP contribution in [-0.2, 0) is 14.3 Å². The van der Waals surface area contributed by atoms with Crippen molar-refractivity contribution < 1.29 is 14.3 Å². The Morgan fingerprint density at radius 1 is 0.710 bits per heavy atom. The monoisotopic (exact) mass is 431 g/mol. The van der Waals surface area contributed by atoms with Crippen LogP contribution in [0.4, 0.5) is 5.69 Å². The van der Waals surface area contributed by atoms with E-state index in [0.29, 0.717) is 6.61 Å². The number of nitrogens with one attached hydrogen (secondary N) is 1. The first-order valence-electron chi connectivity index (χ1n) is 12.6. The summed E-state index contributed by atoms with van der Waals surface area (Å²) in [7, 11) is 0. The largest absolute Gasteiger partial charge is 0.466 e. The third kappa shape index (κ3) is 16.5. The Labute approximate surface area is 190 Å². The number of carbonyl (C=O) groups is 2. The van der Waals surface area contributed by atoms with Crippen molar-refractivity contribution >= 4 is 17.6 Å². The molecule has 4 heteroatoms. The van der Waals surface area contributed by atoms with Crippen LogP contribution in [0.25, 0.3) is 0 Å². The van der Waals surface area contributed by atoms with Gasteiger partial charge in [0.15, 0.2) is 0 Å². The van der Waals surface area contributed by atoms with Gasteiger partial charge >= 0.3 is 5.97 Å². The minimum atomic E-state index is -0.284. The zero-order valence-electron chi connectivity index (χ0n) is 20.1. The Bertz CT molecular complexity index is 583. The van der Waals surface area contributed by atoms with Crippen LogP contribution in [0.3, 0.4) is 0 Å². The first kappa shape index (κ1) is 27.2. The first-order chi connectivity index (χ1) is 15.1. The maximum absolute atomic E-state index is 11.9. The number of carbonyl (C=O) groups excluding carboxylic acids is 2. The third-order valence-electron chi connectivity index (χ3n) is 5.65. The second-order valence-electron chi connectivity index (χ2n) is 8.73. The quantitative estimate of drug-likeness (QED) is 0.180. The lowest BCUT2D eigenvalue weighted by Gasteiger charge is -2.07. The fourth-order valence-corrected chi connectivity index (χ4v) is 3.63. The van der Waals surface area contributed by atoms with Crippen LogP contribution in [0.15, 0.2) is 24.3 Å². The van der Waals surface area contributed by atoms with Crippen LogP contribution in [0, 0.1) is 6.92 Å². The number of esters is 1. The number of aryl methyl sites for hydroxylation is 1. The van der Waals surface area contributed by atoms with Gasteiger partial charge in [-0.05, 0) is 25.5 Å². The Balaban J connectivity index is 1.85. The van der Waals surface area contributed by atoms with E-state index in [1.165, 1.54) is 77.0 Å². The number of unbranched alkanes of at least 4 members (excludes halogenated alkanes) is 13. The summed E-state index contributed by atoms with van der Waals surface area (Å²) < 4.78 is 5.25. The van der Waals surface area contributed by atoms with Gasteiger partial charge in [0, 0.05) is 12.1 Å². The minimum Gasteiger partial charge on any atom is -0.466 e. The topological polar surface area (TPSA) is 55.4 Å². The first-order valence-corrected chi connectivity index (χ1v) is 12.6. The highest BCUT2D eigenvalue weighted by atomic mass is 16.5. The molecular weight excluding hydrogens is 386 g/mol. The van der Waals surface area contributed by atoms with Gasteiger partial charge in [-0.1, -0.05) is 108 Å². The maximum atomic E-state index is 11.9. The highest BCUT2D eigenvalue weighted by molar-refractivity contribution is 5.92. The van der Waals surface area contributed by atoms with E-state index in [9.17, 15) is 9.59 Å². The van der Waals surface area contributed by atoms with Gasteiger partial charge in [0.05, 0.1) is 13.0 Å². The summed E-state index contributed by atoms with van der Waals surface area (Å²) >= 11 is 0. The molecule has 0 fully saturated rings. The van der Waals surface area contributed by atoms with E-state index in [-0.39, 0.29) is 24.7 Å². The maximum Gasteiger partial charge on any atom is 0.306 e. The Kier molecular flexibility index (Phi) is 16.6. The number of ether oxygens (including phenoxy) is 1. The van der Waals surface area contributed by atoms with Gasteiger partial charge in [-0.25, -0.2) is 0 Å². The van der Waals surface area contributed by atoms with Crippen molar-refractivity contribution in [3.05, 3.63) is 29.8 Å². The van der Waals surface area contributed by atoms with E-state index >= 15 is 0 Å². The van der Waals surface area contributed by atoms with Gasteiger partial charge in [0.25, 0.3) is 0 Å². The molecule has 0 saturated carbocycles. The molecule has 1 amide bonds. The number of benzene rings is 1. The molecule has 1 aromatic rings. The van der Waals surface area contributed by atoms with Crippen LogP contribution in [0.2, 0.25) is 0 Å². The van der Waals surface area contributed by atoms with Crippen LogP contribution >= 0.6 is 0 Å². The average molecular weight is 432 g/mol. The molecule has 0 aliphatic heterocycles. The van der Waals surface area contributed by atoms with Crippen LogP contribution in [-0.4, -0.2) is 18.5 Å². The Morgan fingerprint density at radius 3 is 1.71 bits per heavy atom. The summed E-state index contributed by atoms with van der Waals surface area (Å²) in [4.78, 5) is 23.7. The van der Waals surface area contributed by atoms with E-state index in [1.807, 2.05) is 31.2 Å². The van der Waals surface area contributed by atoms with Crippen molar-refractivity contribution in [1.82, 2.24) is 0 Å². The summed E-state index contributed by atoms with van der Waals surface area (Å²) in [5.41, 5.74) is 1.90. The highest BCUT2D eigenvalue weighted by Gasteiger charge is 2.08. The van der Waals surface area contributed by atoms with Gasteiger partial charge in [-0.3, -0.25) is 9.59 Å². The smallest absolute Gasteiger partial charge is 0.306 e. The fraction of sp³-hybridized carbons (Fsp3) is 0.704. The SMILES string of the molecule is CCCCCCCCCCCCCCCCOC(=O)CCC(=O)Nc1ccc(C)cc1. The molecule has 1 N–H and O–H groups in total. The van der Waals surface area contributed by atoms with Crippen LogP contribution in [0.1, 0.15) is 115 Å². The van der Waals surface area contributed by atoms with E-state index < -0.39 is 0 Å². The molecule has 0 radical (unpaired) electrons. The Morgan fingerprint density at radius 2 is 1.19 bits per heavy atom. The van der Waals surface area contributed by atoms with E-state index in [4.69, 9.17) is 4.74 Å². The molecule has 0 aromatic heterocycles. The molecule has 0 atom stereocenters. The molecule has 0 saturated heterocycles. The summed E-state index contributed by atoms with van der Waals surface area (Å²) in [6, 6.07) is 7.61. The predicted octanol–water partition coefficient (Wildman–Crippen LogP) is 7.74. The van der Waals surface area contributed by atoms with Crippen molar-refractivity contribution in [2.24, 2.45) is 0 Å². The fourth-order valence-electron chi connectivity index (χ4n) is 3.63. The van der Waals surface area contributed by atoms with E-state index in [0.717, 1.165) is 24.1 Å². The molecule has 0 unspecified atom stereocenters. The number of anilines is 1. The zero-order chi connectivity index (χ0) is 22.6. The van der Waals surface area contributed by atoms with Gasteiger partial charge in [0.2, 0.25) is 5.91 Å². The molecule has 4 nitrogen and oxygen atoms in total.